The third-order valence-electron chi connectivity index (χ3n) is 8.04. The minimum absolute atomic E-state index is 0.199. The van der Waals surface area contributed by atoms with E-state index < -0.39 is 0 Å². The van der Waals surface area contributed by atoms with Crippen LogP contribution in [0.15, 0.2) is 60.7 Å². The molecule has 1 fully saturated rings. The van der Waals surface area contributed by atoms with Crippen molar-refractivity contribution in [2.45, 2.75) is 52.6 Å². The fourth-order valence-corrected chi connectivity index (χ4v) is 5.31. The average molecular weight is 645 g/mol. The van der Waals surface area contributed by atoms with Gasteiger partial charge >= 0.3 is 0 Å². The Bertz CT molecular complexity index is 1500. The molecule has 1 heterocycles. The number of carbonyl (C=O) groups is 3. The molecule has 0 unspecified atom stereocenters. The van der Waals surface area contributed by atoms with Gasteiger partial charge in [-0.05, 0) is 87.7 Å². The highest BCUT2D eigenvalue weighted by Gasteiger charge is 2.19. The number of likely N-dealkylation sites (N-methyl/N-ethyl adjacent to an activating group) is 1. The summed E-state index contributed by atoms with van der Waals surface area (Å²) in [5, 5.41) is 5.93. The van der Waals surface area contributed by atoms with Crippen molar-refractivity contribution in [3.05, 3.63) is 82.9 Å². The van der Waals surface area contributed by atoms with Crippen molar-refractivity contribution in [1.82, 2.24) is 9.80 Å². The van der Waals surface area contributed by atoms with Gasteiger partial charge in [-0.1, -0.05) is 25.1 Å². The van der Waals surface area contributed by atoms with Gasteiger partial charge in [-0.2, -0.15) is 0 Å². The summed E-state index contributed by atoms with van der Waals surface area (Å²) in [5.41, 5.74) is 3.63. The van der Waals surface area contributed by atoms with Crippen LogP contribution in [0.25, 0.3) is 0 Å². The summed E-state index contributed by atoms with van der Waals surface area (Å²) in [6, 6.07) is 17.9. The molecule has 0 radical (unpaired) electrons. The zero-order valence-corrected chi connectivity index (χ0v) is 28.1. The third kappa shape index (κ3) is 10.6. The summed E-state index contributed by atoms with van der Waals surface area (Å²) in [5.74, 6) is 0.721. The molecule has 0 bridgehead atoms. The fourth-order valence-electron chi connectivity index (χ4n) is 5.31. The van der Waals surface area contributed by atoms with Crippen LogP contribution in [-0.4, -0.2) is 81.1 Å². The van der Waals surface area contributed by atoms with Crippen LogP contribution >= 0.6 is 0 Å². The lowest BCUT2D eigenvalue weighted by molar-refractivity contribution is -0.132. The Balaban J connectivity index is 1.34. The van der Waals surface area contributed by atoms with E-state index in [1.165, 1.54) is 0 Å². The molecule has 1 saturated heterocycles. The van der Waals surface area contributed by atoms with Crippen LogP contribution in [0.3, 0.4) is 0 Å². The van der Waals surface area contributed by atoms with E-state index in [-0.39, 0.29) is 24.3 Å². The summed E-state index contributed by atoms with van der Waals surface area (Å²) in [4.78, 5) is 43.3. The number of methoxy groups -OCH3 is 1. The minimum atomic E-state index is -0.311. The first kappa shape index (κ1) is 35.4. The molecule has 0 aromatic heterocycles. The van der Waals surface area contributed by atoms with Gasteiger partial charge in [0.15, 0.2) is 0 Å². The number of hydrogen-bond acceptors (Lipinski definition) is 7. The van der Waals surface area contributed by atoms with Crippen LogP contribution in [0.1, 0.15) is 70.9 Å². The summed E-state index contributed by atoms with van der Waals surface area (Å²) in [6.45, 7) is 8.64. The van der Waals surface area contributed by atoms with E-state index in [1.807, 2.05) is 43.0 Å². The van der Waals surface area contributed by atoms with Crippen LogP contribution in [0, 0.1) is 6.92 Å². The summed E-state index contributed by atoms with van der Waals surface area (Å²) < 4.78 is 17.2. The van der Waals surface area contributed by atoms with Crippen molar-refractivity contribution in [2.75, 3.05) is 64.2 Å². The monoisotopic (exact) mass is 644 g/mol. The molecule has 0 saturated carbocycles. The lowest BCUT2D eigenvalue weighted by atomic mass is 10.1. The van der Waals surface area contributed by atoms with Crippen LogP contribution in [0.4, 0.5) is 11.4 Å². The Kier molecular flexibility index (Phi) is 13.6. The standard InChI is InChI=1S/C37H48N4O6/c1-5-22-46-33-12-9-8-11-30(33)37(44)38-31-17-15-28(25-29(31)26-45-4)36(43)39-32-16-14-27(2)24-34(32)47-23-10-6-7-13-35(42)41-20-18-40(3)19-21-41/h8-9,11-12,14-17,24-25H,5-7,10,13,18-23,26H2,1-4H3,(H,38,44)(H,39,43). The van der Waals surface area contributed by atoms with E-state index in [0.717, 1.165) is 57.4 Å². The first-order chi connectivity index (χ1) is 22.8. The molecule has 0 spiro atoms. The Labute approximate surface area is 278 Å². The second-order valence-corrected chi connectivity index (χ2v) is 11.9. The van der Waals surface area contributed by atoms with Gasteiger partial charge in [-0.15, -0.1) is 0 Å². The normalized spacial score (nSPS) is 13.2. The summed E-state index contributed by atoms with van der Waals surface area (Å²) in [6.07, 6.45) is 3.90. The molecule has 10 nitrogen and oxygen atoms in total. The third-order valence-corrected chi connectivity index (χ3v) is 8.04. The number of anilines is 2. The van der Waals surface area contributed by atoms with Crippen molar-refractivity contribution in [3.8, 4) is 11.5 Å². The topological polar surface area (TPSA) is 109 Å². The van der Waals surface area contributed by atoms with Crippen molar-refractivity contribution >= 4 is 29.1 Å². The molecule has 1 aliphatic rings. The van der Waals surface area contributed by atoms with Gasteiger partial charge in [0.25, 0.3) is 11.8 Å². The molecule has 10 heteroatoms. The largest absolute Gasteiger partial charge is 0.493 e. The first-order valence-electron chi connectivity index (χ1n) is 16.4. The average Bonchev–Trinajstić information content (AvgIpc) is 3.07. The van der Waals surface area contributed by atoms with E-state index in [0.29, 0.717) is 59.2 Å². The number of nitrogens with one attached hydrogen (secondary N) is 2. The van der Waals surface area contributed by atoms with E-state index >= 15 is 0 Å². The molecule has 1 aliphatic heterocycles. The second kappa shape index (κ2) is 18.1. The molecular formula is C37H48N4O6. The maximum atomic E-state index is 13.4. The fraction of sp³-hybridized carbons (Fsp3) is 0.432. The molecule has 3 aromatic rings. The molecule has 252 valence electrons. The number of carbonyl (C=O) groups excluding carboxylic acids is 3. The zero-order chi connectivity index (χ0) is 33.6. The quantitative estimate of drug-likeness (QED) is 0.180. The van der Waals surface area contributed by atoms with E-state index in [2.05, 4.69) is 22.6 Å². The SMILES string of the molecule is CCCOc1ccccc1C(=O)Nc1ccc(C(=O)Nc2ccc(C)cc2OCCCCCC(=O)N2CCN(C)CC2)cc1COC. The van der Waals surface area contributed by atoms with E-state index in [4.69, 9.17) is 14.2 Å². The number of amides is 3. The number of benzene rings is 3. The molecule has 0 atom stereocenters. The molecule has 3 amide bonds. The van der Waals surface area contributed by atoms with Crippen LogP contribution < -0.4 is 20.1 Å². The van der Waals surface area contributed by atoms with E-state index in [9.17, 15) is 14.4 Å². The van der Waals surface area contributed by atoms with Crippen LogP contribution in [-0.2, 0) is 16.1 Å². The van der Waals surface area contributed by atoms with Gasteiger partial charge in [0.1, 0.15) is 11.5 Å². The second-order valence-electron chi connectivity index (χ2n) is 11.9. The summed E-state index contributed by atoms with van der Waals surface area (Å²) in [7, 11) is 3.64. The van der Waals surface area contributed by atoms with Gasteiger partial charge < -0.3 is 34.6 Å². The van der Waals surface area contributed by atoms with Gasteiger partial charge in [0.05, 0.1) is 31.1 Å². The number of ether oxygens (including phenoxy) is 3. The Morgan fingerprint density at radius 3 is 2.28 bits per heavy atom. The molecule has 0 aliphatic carbocycles. The molecule has 2 N–H and O–H groups in total. The lowest BCUT2D eigenvalue weighted by Gasteiger charge is -2.32. The maximum absolute atomic E-state index is 13.4. The number of hydrogen-bond donors (Lipinski definition) is 2. The Hall–Kier alpha value is -4.41. The predicted molar refractivity (Wildman–Crippen MR) is 185 cm³/mol. The Morgan fingerprint density at radius 1 is 0.787 bits per heavy atom. The number of para-hydroxylation sites is 1. The number of piperazine rings is 1. The smallest absolute Gasteiger partial charge is 0.259 e. The molecular weight excluding hydrogens is 596 g/mol. The van der Waals surface area contributed by atoms with Crippen LogP contribution in [0.2, 0.25) is 0 Å². The van der Waals surface area contributed by atoms with Gasteiger partial charge in [-0.3, -0.25) is 14.4 Å². The highest BCUT2D eigenvalue weighted by atomic mass is 16.5. The van der Waals surface area contributed by atoms with E-state index in [1.54, 1.807) is 43.5 Å². The predicted octanol–water partition coefficient (Wildman–Crippen LogP) is 6.15. The number of rotatable bonds is 16. The number of nitrogens with zero attached hydrogens (tertiary/aromatic N) is 2. The highest BCUT2D eigenvalue weighted by molar-refractivity contribution is 6.08. The first-order valence-corrected chi connectivity index (χ1v) is 16.4. The Morgan fingerprint density at radius 2 is 1.51 bits per heavy atom. The van der Waals surface area contributed by atoms with Gasteiger partial charge in [0.2, 0.25) is 5.91 Å². The zero-order valence-electron chi connectivity index (χ0n) is 28.1. The molecule has 47 heavy (non-hydrogen) atoms. The molecule has 4 rings (SSSR count). The van der Waals surface area contributed by atoms with Crippen molar-refractivity contribution in [2.24, 2.45) is 0 Å². The number of aryl methyl sites for hydroxylation is 1. The maximum Gasteiger partial charge on any atom is 0.259 e. The van der Waals surface area contributed by atoms with Gasteiger partial charge in [-0.25, -0.2) is 0 Å². The van der Waals surface area contributed by atoms with Crippen LogP contribution in [0.5, 0.6) is 11.5 Å². The van der Waals surface area contributed by atoms with Crippen molar-refractivity contribution in [1.29, 1.82) is 0 Å². The lowest BCUT2D eigenvalue weighted by Crippen LogP contribution is -2.47. The summed E-state index contributed by atoms with van der Waals surface area (Å²) >= 11 is 0. The minimum Gasteiger partial charge on any atom is -0.493 e. The number of unbranched alkanes of at least 4 members (excludes halogenated alkanes) is 2. The highest BCUT2D eigenvalue weighted by Crippen LogP contribution is 2.28. The van der Waals surface area contributed by atoms with Gasteiger partial charge in [0, 0.05) is 56.5 Å². The van der Waals surface area contributed by atoms with Crippen molar-refractivity contribution < 1.29 is 28.6 Å². The van der Waals surface area contributed by atoms with Crippen molar-refractivity contribution in [3.63, 3.8) is 0 Å². The molecule has 3 aromatic carbocycles.